The van der Waals surface area contributed by atoms with E-state index >= 15 is 0 Å². The molecule has 3 aromatic carbocycles. The van der Waals surface area contributed by atoms with Gasteiger partial charge in [0.25, 0.3) is 5.56 Å². The number of methoxy groups -OCH3 is 1. The van der Waals surface area contributed by atoms with Crippen molar-refractivity contribution in [2.45, 2.75) is 0 Å². The van der Waals surface area contributed by atoms with Gasteiger partial charge in [-0.3, -0.25) is 9.36 Å². The monoisotopic (exact) mass is 388 g/mol. The van der Waals surface area contributed by atoms with Crippen LogP contribution in [0.3, 0.4) is 0 Å². The molecule has 0 saturated heterocycles. The Labute approximate surface area is 167 Å². The lowest BCUT2D eigenvalue weighted by molar-refractivity contribution is 0.414. The SMILES string of the molecule is COc1cccc(-n2c(/C=C/c3ccccc3Cl)nc3ccccc3c2=O)c1. The molecule has 5 heteroatoms. The maximum absolute atomic E-state index is 13.2. The van der Waals surface area contributed by atoms with Crippen LogP contribution in [0.15, 0.2) is 77.6 Å². The summed E-state index contributed by atoms with van der Waals surface area (Å²) in [6.45, 7) is 0. The van der Waals surface area contributed by atoms with Gasteiger partial charge in [-0.25, -0.2) is 4.98 Å². The Kier molecular flexibility index (Phi) is 4.96. The first-order chi connectivity index (χ1) is 13.7. The summed E-state index contributed by atoms with van der Waals surface area (Å²) < 4.78 is 6.90. The number of hydrogen-bond acceptors (Lipinski definition) is 3. The molecule has 0 aliphatic rings. The maximum atomic E-state index is 13.2. The molecule has 0 aliphatic heterocycles. The molecule has 0 fully saturated rings. The van der Waals surface area contributed by atoms with Crippen molar-refractivity contribution in [1.82, 2.24) is 9.55 Å². The molecule has 28 heavy (non-hydrogen) atoms. The molecule has 0 N–H and O–H groups in total. The predicted molar refractivity (Wildman–Crippen MR) is 114 cm³/mol. The maximum Gasteiger partial charge on any atom is 0.266 e. The molecule has 0 radical (unpaired) electrons. The van der Waals surface area contributed by atoms with Crippen molar-refractivity contribution in [1.29, 1.82) is 0 Å². The first kappa shape index (κ1) is 18.0. The van der Waals surface area contributed by atoms with Crippen molar-refractivity contribution in [3.8, 4) is 11.4 Å². The number of halogens is 1. The zero-order valence-electron chi connectivity index (χ0n) is 15.2. The number of benzene rings is 3. The lowest BCUT2D eigenvalue weighted by atomic mass is 10.2. The van der Waals surface area contributed by atoms with Gasteiger partial charge in [-0.05, 0) is 48.0 Å². The zero-order valence-corrected chi connectivity index (χ0v) is 15.9. The highest BCUT2D eigenvalue weighted by molar-refractivity contribution is 6.32. The van der Waals surface area contributed by atoms with Gasteiger partial charge in [0.2, 0.25) is 0 Å². The summed E-state index contributed by atoms with van der Waals surface area (Å²) in [6, 6.07) is 22.2. The lowest BCUT2D eigenvalue weighted by Crippen LogP contribution is -2.22. The largest absolute Gasteiger partial charge is 0.497 e. The molecule has 0 saturated carbocycles. The third kappa shape index (κ3) is 3.42. The number of rotatable bonds is 4. The van der Waals surface area contributed by atoms with E-state index in [1.54, 1.807) is 23.8 Å². The predicted octanol–water partition coefficient (Wildman–Crippen LogP) is 5.22. The average Bonchev–Trinajstić information content (AvgIpc) is 2.73. The first-order valence-corrected chi connectivity index (χ1v) is 9.14. The third-order valence-corrected chi connectivity index (χ3v) is 4.77. The number of nitrogens with zero attached hydrogens (tertiary/aromatic N) is 2. The summed E-state index contributed by atoms with van der Waals surface area (Å²) >= 11 is 6.26. The molecule has 1 aromatic heterocycles. The van der Waals surface area contributed by atoms with Crippen LogP contribution in [0.4, 0.5) is 0 Å². The van der Waals surface area contributed by atoms with E-state index in [9.17, 15) is 4.79 Å². The summed E-state index contributed by atoms with van der Waals surface area (Å²) in [6.07, 6.45) is 3.66. The molecule has 138 valence electrons. The van der Waals surface area contributed by atoms with Crippen LogP contribution >= 0.6 is 11.6 Å². The first-order valence-electron chi connectivity index (χ1n) is 8.76. The fraction of sp³-hybridized carbons (Fsp3) is 0.0435. The number of para-hydroxylation sites is 1. The Balaban J connectivity index is 1.96. The molecule has 1 heterocycles. The number of aromatic nitrogens is 2. The molecule has 0 bridgehead atoms. The van der Waals surface area contributed by atoms with Gasteiger partial charge in [0.15, 0.2) is 0 Å². The third-order valence-electron chi connectivity index (χ3n) is 4.43. The molecule has 4 rings (SSSR count). The van der Waals surface area contributed by atoms with E-state index < -0.39 is 0 Å². The van der Waals surface area contributed by atoms with Crippen LogP contribution in [-0.2, 0) is 0 Å². The molecule has 0 spiro atoms. The molecule has 4 nitrogen and oxygen atoms in total. The normalized spacial score (nSPS) is 11.2. The summed E-state index contributed by atoms with van der Waals surface area (Å²) in [4.78, 5) is 18.0. The Morgan fingerprint density at radius 1 is 0.964 bits per heavy atom. The van der Waals surface area contributed by atoms with Crippen molar-refractivity contribution in [3.63, 3.8) is 0 Å². The van der Waals surface area contributed by atoms with Gasteiger partial charge in [0.05, 0.1) is 23.7 Å². The minimum Gasteiger partial charge on any atom is -0.497 e. The van der Waals surface area contributed by atoms with E-state index in [-0.39, 0.29) is 5.56 Å². The van der Waals surface area contributed by atoms with E-state index in [1.807, 2.05) is 72.8 Å². The summed E-state index contributed by atoms with van der Waals surface area (Å²) in [5.41, 5.74) is 2.04. The van der Waals surface area contributed by atoms with Gasteiger partial charge in [0, 0.05) is 11.1 Å². The molecule has 0 amide bonds. The van der Waals surface area contributed by atoms with Crippen molar-refractivity contribution in [2.24, 2.45) is 0 Å². The second kappa shape index (κ2) is 7.71. The van der Waals surface area contributed by atoms with Crippen LogP contribution in [0.2, 0.25) is 5.02 Å². The van der Waals surface area contributed by atoms with Gasteiger partial charge in [-0.15, -0.1) is 0 Å². The highest BCUT2D eigenvalue weighted by Gasteiger charge is 2.11. The Morgan fingerprint density at radius 2 is 1.75 bits per heavy atom. The smallest absolute Gasteiger partial charge is 0.266 e. The molecule has 4 aromatic rings. The van der Waals surface area contributed by atoms with E-state index in [0.717, 1.165) is 5.56 Å². The van der Waals surface area contributed by atoms with E-state index in [2.05, 4.69) is 0 Å². The Morgan fingerprint density at radius 3 is 2.57 bits per heavy atom. The van der Waals surface area contributed by atoms with E-state index in [0.29, 0.717) is 33.2 Å². The van der Waals surface area contributed by atoms with Gasteiger partial charge in [-0.1, -0.05) is 48.0 Å². The van der Waals surface area contributed by atoms with Crippen molar-refractivity contribution in [2.75, 3.05) is 7.11 Å². The standard InChI is InChI=1S/C23H17ClN2O2/c1-28-18-9-6-8-17(15-18)26-22(14-13-16-7-2-4-11-20(16)24)25-21-12-5-3-10-19(21)23(26)27/h2-15H,1H3/b14-13+. The van der Waals surface area contributed by atoms with Crippen molar-refractivity contribution in [3.05, 3.63) is 99.6 Å². The number of fused-ring (bicyclic) bond motifs is 1. The summed E-state index contributed by atoms with van der Waals surface area (Å²) in [5, 5.41) is 1.19. The Hall–Kier alpha value is -3.37. The van der Waals surface area contributed by atoms with Crippen molar-refractivity contribution >= 4 is 34.7 Å². The minimum atomic E-state index is -0.141. The highest BCUT2D eigenvalue weighted by Crippen LogP contribution is 2.21. The van der Waals surface area contributed by atoms with E-state index in [4.69, 9.17) is 21.3 Å². The summed E-state index contributed by atoms with van der Waals surface area (Å²) in [7, 11) is 1.60. The quantitative estimate of drug-likeness (QED) is 0.481. The molecule has 0 atom stereocenters. The zero-order chi connectivity index (χ0) is 19.5. The number of hydrogen-bond donors (Lipinski definition) is 0. The van der Waals surface area contributed by atoms with Crippen molar-refractivity contribution < 1.29 is 4.74 Å². The van der Waals surface area contributed by atoms with Gasteiger partial charge >= 0.3 is 0 Å². The van der Waals surface area contributed by atoms with Crippen LogP contribution in [-0.4, -0.2) is 16.7 Å². The van der Waals surface area contributed by atoms with Crippen LogP contribution in [0.25, 0.3) is 28.7 Å². The topological polar surface area (TPSA) is 44.1 Å². The van der Waals surface area contributed by atoms with Crippen LogP contribution < -0.4 is 10.3 Å². The summed E-state index contributed by atoms with van der Waals surface area (Å²) in [5.74, 6) is 1.18. The fourth-order valence-corrected chi connectivity index (χ4v) is 3.23. The highest BCUT2D eigenvalue weighted by atomic mass is 35.5. The molecular weight excluding hydrogens is 372 g/mol. The molecular formula is C23H17ClN2O2. The van der Waals surface area contributed by atoms with Crippen LogP contribution in [0, 0.1) is 0 Å². The molecule has 0 aliphatic carbocycles. The van der Waals surface area contributed by atoms with Gasteiger partial charge in [0.1, 0.15) is 11.6 Å². The van der Waals surface area contributed by atoms with E-state index in [1.165, 1.54) is 0 Å². The minimum absolute atomic E-state index is 0.141. The number of ether oxygens (including phenoxy) is 1. The Bertz CT molecular complexity index is 1240. The van der Waals surface area contributed by atoms with Crippen LogP contribution in [0.1, 0.15) is 11.4 Å². The molecule has 0 unspecified atom stereocenters. The van der Waals surface area contributed by atoms with Gasteiger partial charge in [-0.2, -0.15) is 0 Å². The average molecular weight is 389 g/mol. The lowest BCUT2D eigenvalue weighted by Gasteiger charge is -2.12. The fourth-order valence-electron chi connectivity index (χ4n) is 3.04. The second-order valence-electron chi connectivity index (χ2n) is 6.18. The van der Waals surface area contributed by atoms with Gasteiger partial charge < -0.3 is 4.74 Å². The van der Waals surface area contributed by atoms with Crippen LogP contribution in [0.5, 0.6) is 5.75 Å². The second-order valence-corrected chi connectivity index (χ2v) is 6.59.